The number of methoxy groups -OCH3 is 1. The Labute approximate surface area is 125 Å². The first-order valence-corrected chi connectivity index (χ1v) is 6.33. The van der Waals surface area contributed by atoms with Gasteiger partial charge in [-0.1, -0.05) is 23.2 Å². The molecule has 3 N–H and O–H groups in total. The van der Waals surface area contributed by atoms with Crippen molar-refractivity contribution in [1.29, 1.82) is 0 Å². The summed E-state index contributed by atoms with van der Waals surface area (Å²) >= 11 is 11.7. The summed E-state index contributed by atoms with van der Waals surface area (Å²) in [5, 5.41) is 3.31. The second-order valence-electron chi connectivity index (χ2n) is 3.90. The fourth-order valence-electron chi connectivity index (χ4n) is 1.62. The van der Waals surface area contributed by atoms with Gasteiger partial charge >= 0.3 is 0 Å². The highest BCUT2D eigenvalue weighted by Crippen LogP contribution is 2.28. The highest BCUT2D eigenvalue weighted by molar-refractivity contribution is 6.31. The third kappa shape index (κ3) is 3.31. The summed E-state index contributed by atoms with van der Waals surface area (Å²) in [4.78, 5) is 15.9. The van der Waals surface area contributed by atoms with Crippen LogP contribution >= 0.6 is 23.2 Å². The molecule has 0 aliphatic rings. The summed E-state index contributed by atoms with van der Waals surface area (Å²) < 4.78 is 5.15. The van der Waals surface area contributed by atoms with Crippen molar-refractivity contribution in [2.45, 2.75) is 0 Å². The molecule has 0 spiro atoms. The van der Waals surface area contributed by atoms with E-state index >= 15 is 0 Å². The molecule has 2 rings (SSSR count). The third-order valence-electron chi connectivity index (χ3n) is 2.49. The van der Waals surface area contributed by atoms with E-state index in [1.807, 2.05) is 0 Å². The highest BCUT2D eigenvalue weighted by atomic mass is 35.5. The lowest BCUT2D eigenvalue weighted by molar-refractivity contribution is 0.102. The molecule has 1 aromatic heterocycles. The van der Waals surface area contributed by atoms with Crippen LogP contribution in [0.5, 0.6) is 5.75 Å². The van der Waals surface area contributed by atoms with Crippen molar-refractivity contribution in [1.82, 2.24) is 4.98 Å². The van der Waals surface area contributed by atoms with Crippen LogP contribution in [0.4, 0.5) is 11.5 Å². The van der Waals surface area contributed by atoms with Gasteiger partial charge in [-0.2, -0.15) is 0 Å². The molecule has 5 nitrogen and oxygen atoms in total. The van der Waals surface area contributed by atoms with Crippen LogP contribution in [-0.4, -0.2) is 18.0 Å². The summed E-state index contributed by atoms with van der Waals surface area (Å²) in [7, 11) is 1.50. The van der Waals surface area contributed by atoms with Gasteiger partial charge in [0, 0.05) is 10.6 Å². The molecule has 0 saturated carbocycles. The molecule has 0 aliphatic carbocycles. The third-order valence-corrected chi connectivity index (χ3v) is 2.91. The zero-order valence-electron chi connectivity index (χ0n) is 10.5. The molecule has 1 aromatic carbocycles. The molecule has 0 bridgehead atoms. The summed E-state index contributed by atoms with van der Waals surface area (Å²) in [6.07, 6.45) is 0. The summed E-state index contributed by atoms with van der Waals surface area (Å²) in [6.45, 7) is 0. The van der Waals surface area contributed by atoms with Crippen molar-refractivity contribution < 1.29 is 9.53 Å². The first-order chi connectivity index (χ1) is 9.49. The Kier molecular flexibility index (Phi) is 4.32. The number of halogens is 2. The Hall–Kier alpha value is -1.98. The minimum Gasteiger partial charge on any atom is -0.495 e. The molecule has 0 radical (unpaired) electrons. The number of carbonyl (C=O) groups excluding carboxylic acids is 1. The van der Waals surface area contributed by atoms with Crippen molar-refractivity contribution in [2.75, 3.05) is 18.2 Å². The number of nitrogens with zero attached hydrogens (tertiary/aromatic N) is 1. The molecule has 0 fully saturated rings. The van der Waals surface area contributed by atoms with Crippen LogP contribution in [-0.2, 0) is 0 Å². The minimum absolute atomic E-state index is 0.146. The number of aromatic nitrogens is 1. The largest absolute Gasteiger partial charge is 0.495 e. The summed E-state index contributed by atoms with van der Waals surface area (Å²) in [6, 6.07) is 7.76. The molecule has 104 valence electrons. The van der Waals surface area contributed by atoms with Crippen LogP contribution in [0.15, 0.2) is 30.3 Å². The van der Waals surface area contributed by atoms with Crippen molar-refractivity contribution in [3.05, 3.63) is 46.1 Å². The number of rotatable bonds is 3. The van der Waals surface area contributed by atoms with Gasteiger partial charge in [0.25, 0.3) is 5.91 Å². The molecular formula is C13H11Cl2N3O2. The molecule has 0 aliphatic heterocycles. The van der Waals surface area contributed by atoms with Crippen molar-refractivity contribution >= 4 is 40.6 Å². The first kappa shape index (κ1) is 14.4. The van der Waals surface area contributed by atoms with E-state index in [2.05, 4.69) is 10.3 Å². The van der Waals surface area contributed by atoms with Gasteiger partial charge in [-0.3, -0.25) is 4.79 Å². The van der Waals surface area contributed by atoms with Crippen molar-refractivity contribution in [3.8, 4) is 5.75 Å². The molecular weight excluding hydrogens is 301 g/mol. The summed E-state index contributed by atoms with van der Waals surface area (Å²) in [5.74, 6) is 0.276. The maximum absolute atomic E-state index is 12.1. The van der Waals surface area contributed by atoms with E-state index in [9.17, 15) is 4.79 Å². The second-order valence-corrected chi connectivity index (χ2v) is 4.73. The number of hydrogen-bond donors (Lipinski definition) is 2. The summed E-state index contributed by atoms with van der Waals surface area (Å²) in [5.41, 5.74) is 6.30. The average molecular weight is 312 g/mol. The highest BCUT2D eigenvalue weighted by Gasteiger charge is 2.12. The maximum atomic E-state index is 12.1. The molecule has 0 unspecified atom stereocenters. The lowest BCUT2D eigenvalue weighted by Gasteiger charge is -2.11. The van der Waals surface area contributed by atoms with Crippen LogP contribution in [0.3, 0.4) is 0 Å². The molecule has 2 aromatic rings. The van der Waals surface area contributed by atoms with E-state index in [-0.39, 0.29) is 16.9 Å². The number of nitrogens with two attached hydrogens (primary N) is 1. The van der Waals surface area contributed by atoms with E-state index in [1.54, 1.807) is 18.2 Å². The van der Waals surface area contributed by atoms with Crippen molar-refractivity contribution in [2.24, 2.45) is 0 Å². The Bertz CT molecular complexity index is 642. The van der Waals surface area contributed by atoms with E-state index in [1.165, 1.54) is 19.2 Å². The number of nitrogen functional groups attached to an aromatic ring is 1. The number of benzene rings is 1. The predicted octanol–water partition coefficient (Wildman–Crippen LogP) is 3.23. The van der Waals surface area contributed by atoms with Crippen LogP contribution in [0.25, 0.3) is 0 Å². The maximum Gasteiger partial charge on any atom is 0.256 e. The predicted molar refractivity (Wildman–Crippen MR) is 79.6 cm³/mol. The van der Waals surface area contributed by atoms with Gasteiger partial charge in [0.15, 0.2) is 0 Å². The van der Waals surface area contributed by atoms with Gasteiger partial charge in [-0.05, 0) is 30.3 Å². The topological polar surface area (TPSA) is 77.2 Å². The zero-order valence-corrected chi connectivity index (χ0v) is 12.0. The van der Waals surface area contributed by atoms with Gasteiger partial charge in [-0.25, -0.2) is 4.98 Å². The van der Waals surface area contributed by atoms with Gasteiger partial charge in [0.1, 0.15) is 16.7 Å². The lowest BCUT2D eigenvalue weighted by Crippen LogP contribution is -2.13. The zero-order chi connectivity index (χ0) is 14.7. The molecule has 1 heterocycles. The normalized spacial score (nSPS) is 10.2. The van der Waals surface area contributed by atoms with Gasteiger partial charge < -0.3 is 15.8 Å². The van der Waals surface area contributed by atoms with Crippen LogP contribution in [0.1, 0.15) is 10.4 Å². The molecule has 0 saturated heterocycles. The Morgan fingerprint density at radius 2 is 2.05 bits per heavy atom. The Morgan fingerprint density at radius 3 is 2.70 bits per heavy atom. The Balaban J connectivity index is 2.29. The fraction of sp³-hybridized carbons (Fsp3) is 0.0769. The van der Waals surface area contributed by atoms with Crippen LogP contribution in [0.2, 0.25) is 10.2 Å². The number of carbonyl (C=O) groups is 1. The van der Waals surface area contributed by atoms with E-state index < -0.39 is 0 Å². The second kappa shape index (κ2) is 5.98. The number of nitrogens with one attached hydrogen (secondary N) is 1. The van der Waals surface area contributed by atoms with Crippen LogP contribution in [0, 0.1) is 0 Å². The number of amides is 1. The number of ether oxygens (including phenoxy) is 1. The minimum atomic E-state index is -0.387. The lowest BCUT2D eigenvalue weighted by atomic mass is 10.2. The standard InChI is InChI=1S/C13H11Cl2N3O2/c1-20-10-3-2-8(14)6-9(10)17-13(19)7-4-11(15)18-12(16)5-7/h2-6H,1H3,(H2,16,18)(H,17,19). The monoisotopic (exact) mass is 311 g/mol. The molecule has 7 heteroatoms. The van der Waals surface area contributed by atoms with Gasteiger partial charge in [0.05, 0.1) is 12.8 Å². The SMILES string of the molecule is COc1ccc(Cl)cc1NC(=O)c1cc(N)nc(Cl)c1. The number of hydrogen-bond acceptors (Lipinski definition) is 4. The smallest absolute Gasteiger partial charge is 0.256 e. The number of pyridine rings is 1. The van der Waals surface area contributed by atoms with E-state index in [0.717, 1.165) is 0 Å². The first-order valence-electron chi connectivity index (χ1n) is 5.57. The van der Waals surface area contributed by atoms with Gasteiger partial charge in [-0.15, -0.1) is 0 Å². The van der Waals surface area contributed by atoms with Crippen molar-refractivity contribution in [3.63, 3.8) is 0 Å². The quantitative estimate of drug-likeness (QED) is 0.853. The van der Waals surface area contributed by atoms with E-state index in [0.29, 0.717) is 22.0 Å². The number of anilines is 2. The average Bonchev–Trinajstić information content (AvgIpc) is 2.37. The fourth-order valence-corrected chi connectivity index (χ4v) is 2.01. The Morgan fingerprint density at radius 1 is 1.30 bits per heavy atom. The van der Waals surface area contributed by atoms with Crippen LogP contribution < -0.4 is 15.8 Å². The molecule has 20 heavy (non-hydrogen) atoms. The van der Waals surface area contributed by atoms with Gasteiger partial charge in [0.2, 0.25) is 0 Å². The molecule has 0 atom stereocenters. The molecule has 1 amide bonds. The van der Waals surface area contributed by atoms with E-state index in [4.69, 9.17) is 33.7 Å².